The van der Waals surface area contributed by atoms with E-state index in [2.05, 4.69) is 10.2 Å². The lowest BCUT2D eigenvalue weighted by Crippen LogP contribution is -2.43. The topological polar surface area (TPSA) is 97.1 Å². The Balaban J connectivity index is 1.83. The van der Waals surface area contributed by atoms with Crippen molar-refractivity contribution < 1.29 is 27.2 Å². The highest BCUT2D eigenvalue weighted by Crippen LogP contribution is 2.25. The molecule has 2 aromatic rings. The second-order valence-corrected chi connectivity index (χ2v) is 5.75. The minimum Gasteiger partial charge on any atom is -0.411 e. The first-order valence-electron chi connectivity index (χ1n) is 6.91. The van der Waals surface area contributed by atoms with E-state index >= 15 is 0 Å². The molecule has 7 nitrogen and oxygen atoms in total. The number of nitrogens with zero attached hydrogens (tertiary/aromatic N) is 2. The van der Waals surface area contributed by atoms with Crippen molar-refractivity contribution in [2.24, 2.45) is 0 Å². The van der Waals surface area contributed by atoms with Gasteiger partial charge in [0, 0.05) is 5.56 Å². The molecule has 0 aliphatic carbocycles. The molecule has 0 fully saturated rings. The number of thioether (sulfide) groups is 1. The molecule has 2 rings (SSSR count). The molecule has 0 unspecified atom stereocenters. The van der Waals surface area contributed by atoms with Gasteiger partial charge in [0.2, 0.25) is 11.8 Å². The van der Waals surface area contributed by atoms with Crippen molar-refractivity contribution in [1.82, 2.24) is 20.8 Å². The van der Waals surface area contributed by atoms with Crippen molar-refractivity contribution >= 4 is 23.7 Å². The van der Waals surface area contributed by atoms with Gasteiger partial charge in [0.05, 0.1) is 5.75 Å². The predicted molar refractivity (Wildman–Crippen MR) is 82.8 cm³/mol. The van der Waals surface area contributed by atoms with Crippen LogP contribution < -0.4 is 10.6 Å². The Labute approximate surface area is 144 Å². The minimum absolute atomic E-state index is 0.101. The third kappa shape index (κ3) is 6.10. The van der Waals surface area contributed by atoms with Crippen LogP contribution in [-0.4, -0.2) is 40.6 Å². The number of aryl methyl sites for hydroxylation is 1. The molecule has 1 heterocycles. The molecule has 0 bridgehead atoms. The van der Waals surface area contributed by atoms with Crippen molar-refractivity contribution in [1.29, 1.82) is 0 Å². The molecule has 134 valence electrons. The van der Waals surface area contributed by atoms with Gasteiger partial charge in [-0.1, -0.05) is 30.0 Å². The van der Waals surface area contributed by atoms with Crippen molar-refractivity contribution in [3.63, 3.8) is 0 Å². The summed E-state index contributed by atoms with van der Waals surface area (Å²) < 4.78 is 41.2. The first-order chi connectivity index (χ1) is 11.7. The fourth-order valence-electron chi connectivity index (χ4n) is 1.70. The highest BCUT2D eigenvalue weighted by Gasteiger charge is 2.28. The summed E-state index contributed by atoms with van der Waals surface area (Å²) in [6, 6.07) is 6.12. The summed E-state index contributed by atoms with van der Waals surface area (Å²) in [5.41, 5.74) is 1.68. The first kappa shape index (κ1) is 18.8. The summed E-state index contributed by atoms with van der Waals surface area (Å²) in [7, 11) is 0. The SMILES string of the molecule is Cc1ccccc1-c1nnc(SCC(=O)NC(=O)NCC(F)(F)F)o1. The molecule has 3 amide bonds. The monoisotopic (exact) mass is 374 g/mol. The maximum absolute atomic E-state index is 11.9. The van der Waals surface area contributed by atoms with Gasteiger partial charge in [-0.3, -0.25) is 10.1 Å². The number of nitrogens with one attached hydrogen (secondary N) is 2. The second-order valence-electron chi connectivity index (χ2n) is 4.82. The molecule has 1 aromatic carbocycles. The maximum Gasteiger partial charge on any atom is 0.405 e. The number of rotatable bonds is 5. The first-order valence-corrected chi connectivity index (χ1v) is 7.90. The molecule has 0 aliphatic heterocycles. The highest BCUT2D eigenvalue weighted by molar-refractivity contribution is 7.99. The average molecular weight is 374 g/mol. The lowest BCUT2D eigenvalue weighted by Gasteiger charge is -2.08. The summed E-state index contributed by atoms with van der Waals surface area (Å²) >= 11 is 0.861. The van der Waals surface area contributed by atoms with E-state index in [4.69, 9.17) is 4.42 Å². The molecule has 0 aliphatic rings. The minimum atomic E-state index is -4.55. The summed E-state index contributed by atoms with van der Waals surface area (Å²) in [5, 5.41) is 11.0. The molecule has 1 aromatic heterocycles. The van der Waals surface area contributed by atoms with Crippen LogP contribution in [0.25, 0.3) is 11.5 Å². The summed E-state index contributed by atoms with van der Waals surface area (Å²) in [6.07, 6.45) is -4.55. The number of amides is 3. The number of carbonyl (C=O) groups is 2. The molecule has 2 N–H and O–H groups in total. The third-order valence-corrected chi connectivity index (χ3v) is 3.63. The van der Waals surface area contributed by atoms with Crippen LogP contribution in [0, 0.1) is 6.92 Å². The van der Waals surface area contributed by atoms with Crippen LogP contribution in [-0.2, 0) is 4.79 Å². The molecule has 0 saturated heterocycles. The normalized spacial score (nSPS) is 11.2. The van der Waals surface area contributed by atoms with Crippen LogP contribution in [0.2, 0.25) is 0 Å². The van der Waals surface area contributed by atoms with Gasteiger partial charge in [0.25, 0.3) is 5.22 Å². The summed E-state index contributed by atoms with van der Waals surface area (Å²) in [5.74, 6) is -0.779. The van der Waals surface area contributed by atoms with E-state index in [1.165, 1.54) is 5.32 Å². The van der Waals surface area contributed by atoms with Gasteiger partial charge in [-0.15, -0.1) is 10.2 Å². The van der Waals surface area contributed by atoms with Gasteiger partial charge >= 0.3 is 12.2 Å². The average Bonchev–Trinajstić information content (AvgIpc) is 2.99. The number of imide groups is 1. The van der Waals surface area contributed by atoms with Crippen LogP contribution in [0.3, 0.4) is 0 Å². The zero-order valence-electron chi connectivity index (χ0n) is 12.9. The van der Waals surface area contributed by atoms with Crippen LogP contribution in [0.15, 0.2) is 33.9 Å². The van der Waals surface area contributed by atoms with E-state index in [0.29, 0.717) is 0 Å². The number of carbonyl (C=O) groups excluding carboxylic acids is 2. The Kier molecular flexibility index (Phi) is 6.02. The number of hydrogen-bond donors (Lipinski definition) is 2. The van der Waals surface area contributed by atoms with Crippen molar-refractivity contribution in [2.45, 2.75) is 18.3 Å². The van der Waals surface area contributed by atoms with Gasteiger partial charge in [0.1, 0.15) is 6.54 Å². The van der Waals surface area contributed by atoms with Crippen molar-refractivity contribution in [3.8, 4) is 11.5 Å². The number of hydrogen-bond acceptors (Lipinski definition) is 6. The van der Waals surface area contributed by atoms with Gasteiger partial charge in [-0.2, -0.15) is 13.2 Å². The van der Waals surface area contributed by atoms with Gasteiger partial charge in [0.15, 0.2) is 0 Å². The molecule has 0 radical (unpaired) electrons. The van der Waals surface area contributed by atoms with Crippen LogP contribution in [0.1, 0.15) is 5.56 Å². The Bertz CT molecular complexity index is 764. The predicted octanol–water partition coefficient (Wildman–Crippen LogP) is 2.53. The zero-order valence-corrected chi connectivity index (χ0v) is 13.7. The lowest BCUT2D eigenvalue weighted by atomic mass is 10.1. The maximum atomic E-state index is 11.9. The van der Waals surface area contributed by atoms with Crippen molar-refractivity contribution in [2.75, 3.05) is 12.3 Å². The summed E-state index contributed by atoms with van der Waals surface area (Å²) in [6.45, 7) is 0.349. The Morgan fingerprint density at radius 1 is 1.24 bits per heavy atom. The Morgan fingerprint density at radius 3 is 2.64 bits per heavy atom. The van der Waals surface area contributed by atoms with Crippen LogP contribution >= 0.6 is 11.8 Å². The molecule has 0 saturated carbocycles. The Hall–Kier alpha value is -2.56. The fourth-order valence-corrected chi connectivity index (χ4v) is 2.27. The Morgan fingerprint density at radius 2 is 1.96 bits per heavy atom. The molecule has 11 heteroatoms. The van der Waals surface area contributed by atoms with E-state index < -0.39 is 24.7 Å². The van der Waals surface area contributed by atoms with Gasteiger partial charge in [-0.25, -0.2) is 4.79 Å². The molecule has 0 spiro atoms. The van der Waals surface area contributed by atoms with E-state index in [1.807, 2.05) is 25.1 Å². The number of aromatic nitrogens is 2. The highest BCUT2D eigenvalue weighted by atomic mass is 32.2. The number of benzene rings is 1. The largest absolute Gasteiger partial charge is 0.411 e. The van der Waals surface area contributed by atoms with E-state index in [1.54, 1.807) is 11.4 Å². The number of urea groups is 1. The van der Waals surface area contributed by atoms with E-state index in [-0.39, 0.29) is 16.9 Å². The molecular weight excluding hydrogens is 361 g/mol. The van der Waals surface area contributed by atoms with Crippen molar-refractivity contribution in [3.05, 3.63) is 29.8 Å². The fraction of sp³-hybridized carbons (Fsp3) is 0.286. The van der Waals surface area contributed by atoms with E-state index in [9.17, 15) is 22.8 Å². The van der Waals surface area contributed by atoms with Crippen LogP contribution in [0.5, 0.6) is 0 Å². The summed E-state index contributed by atoms with van der Waals surface area (Å²) in [4.78, 5) is 22.7. The van der Waals surface area contributed by atoms with E-state index in [0.717, 1.165) is 22.9 Å². The molecule has 0 atom stereocenters. The standard InChI is InChI=1S/C14H13F3N4O3S/c1-8-4-2-3-5-9(8)11-20-21-13(24-11)25-6-10(22)19-12(23)18-7-14(15,16)17/h2-5H,6-7H2,1H3,(H2,18,19,22,23). The second kappa shape index (κ2) is 8.01. The molecular formula is C14H13F3N4O3S. The smallest absolute Gasteiger partial charge is 0.405 e. The van der Waals surface area contributed by atoms with Gasteiger partial charge < -0.3 is 9.73 Å². The third-order valence-electron chi connectivity index (χ3n) is 2.81. The van der Waals surface area contributed by atoms with Gasteiger partial charge in [-0.05, 0) is 18.6 Å². The van der Waals surface area contributed by atoms with Crippen LogP contribution in [0.4, 0.5) is 18.0 Å². The quantitative estimate of drug-likeness (QED) is 0.781. The number of halogens is 3. The molecule has 25 heavy (non-hydrogen) atoms. The number of alkyl halides is 3. The zero-order chi connectivity index (χ0) is 18.4. The lowest BCUT2D eigenvalue weighted by molar-refractivity contribution is -0.124.